The zero-order valence-electron chi connectivity index (χ0n) is 22.0. The summed E-state index contributed by atoms with van der Waals surface area (Å²) in [5.74, 6) is 0.529. The van der Waals surface area contributed by atoms with Gasteiger partial charge in [-0.25, -0.2) is 0 Å². The highest BCUT2D eigenvalue weighted by molar-refractivity contribution is 7.25. The van der Waals surface area contributed by atoms with Gasteiger partial charge in [0.1, 0.15) is 0 Å². The second-order valence-electron chi connectivity index (χ2n) is 11.1. The van der Waals surface area contributed by atoms with Gasteiger partial charge in [-0.15, -0.1) is 22.7 Å². The van der Waals surface area contributed by atoms with Crippen molar-refractivity contribution in [3.05, 3.63) is 129 Å². The van der Waals surface area contributed by atoms with Crippen molar-refractivity contribution in [2.24, 2.45) is 11.8 Å². The zero-order valence-corrected chi connectivity index (χ0v) is 23.6. The normalized spacial score (nSPS) is 22.2. The van der Waals surface area contributed by atoms with Crippen LogP contribution in [0.1, 0.15) is 30.7 Å². The molecule has 192 valence electrons. The van der Waals surface area contributed by atoms with Crippen molar-refractivity contribution in [1.29, 1.82) is 5.26 Å². The number of nitrogens with zero attached hydrogens (tertiary/aromatic N) is 1. The molecule has 0 bridgehead atoms. The van der Waals surface area contributed by atoms with Gasteiger partial charge in [0.05, 0.1) is 12.0 Å². The quantitative estimate of drug-likeness (QED) is 0.220. The van der Waals surface area contributed by atoms with Crippen molar-refractivity contribution in [1.82, 2.24) is 0 Å². The lowest BCUT2D eigenvalue weighted by Crippen LogP contribution is -2.25. The van der Waals surface area contributed by atoms with E-state index in [2.05, 4.69) is 115 Å². The van der Waals surface area contributed by atoms with E-state index in [9.17, 15) is 5.26 Å². The molecule has 3 aliphatic rings. The fourth-order valence-electron chi connectivity index (χ4n) is 6.68. The second-order valence-corrected chi connectivity index (χ2v) is 13.2. The molecule has 0 fully saturated rings. The number of thiophene rings is 2. The number of rotatable bonds is 3. The molecule has 2 aromatic heterocycles. The molecule has 3 heteroatoms. The second kappa shape index (κ2) is 9.59. The van der Waals surface area contributed by atoms with Crippen LogP contribution in [0.3, 0.4) is 0 Å². The van der Waals surface area contributed by atoms with E-state index in [1.807, 2.05) is 22.7 Å². The summed E-state index contributed by atoms with van der Waals surface area (Å²) in [6, 6.07) is 27.2. The van der Waals surface area contributed by atoms with Crippen LogP contribution in [0.5, 0.6) is 0 Å². The number of hydrogen-bond donors (Lipinski definition) is 0. The summed E-state index contributed by atoms with van der Waals surface area (Å²) in [5, 5.41) is 15.4. The first kappa shape index (κ1) is 23.9. The van der Waals surface area contributed by atoms with Crippen LogP contribution in [0.2, 0.25) is 0 Å². The van der Waals surface area contributed by atoms with E-state index in [0.29, 0.717) is 5.92 Å². The number of nitriles is 1. The zero-order chi connectivity index (χ0) is 26.6. The first-order valence-corrected chi connectivity index (χ1v) is 15.7. The largest absolute Gasteiger partial charge is 0.198 e. The number of allylic oxidation sites excluding steroid dienone is 8. The van der Waals surface area contributed by atoms with Crippen molar-refractivity contribution in [2.45, 2.75) is 25.2 Å². The van der Waals surface area contributed by atoms with Crippen LogP contribution in [0, 0.1) is 23.2 Å². The molecule has 3 unspecified atom stereocenters. The van der Waals surface area contributed by atoms with Crippen molar-refractivity contribution < 1.29 is 0 Å². The third kappa shape index (κ3) is 3.94. The average Bonchev–Trinajstić information content (AvgIpc) is 3.58. The monoisotopic (exact) mass is 549 g/mol. The van der Waals surface area contributed by atoms with E-state index in [-0.39, 0.29) is 11.8 Å². The maximum Gasteiger partial charge on any atom is 0.0749 e. The summed E-state index contributed by atoms with van der Waals surface area (Å²) in [6.45, 7) is 0. The molecule has 0 saturated carbocycles. The van der Waals surface area contributed by atoms with Crippen molar-refractivity contribution in [3.8, 4) is 6.07 Å². The highest BCUT2D eigenvalue weighted by Crippen LogP contribution is 2.43. The lowest BCUT2D eigenvalue weighted by molar-refractivity contribution is 0.721. The predicted octanol–water partition coefficient (Wildman–Crippen LogP) is 8.92. The lowest BCUT2D eigenvalue weighted by Gasteiger charge is -2.29. The predicted molar refractivity (Wildman–Crippen MR) is 172 cm³/mol. The van der Waals surface area contributed by atoms with E-state index < -0.39 is 0 Å². The third-order valence-corrected chi connectivity index (χ3v) is 11.0. The fourth-order valence-corrected chi connectivity index (χ4v) is 8.91. The Morgan fingerprint density at radius 3 is 2.45 bits per heavy atom. The Labute approximate surface area is 241 Å². The Hall–Kier alpha value is -3.97. The van der Waals surface area contributed by atoms with Crippen LogP contribution in [0.25, 0.3) is 42.4 Å². The van der Waals surface area contributed by atoms with E-state index in [4.69, 9.17) is 0 Å². The maximum atomic E-state index is 10.00. The molecular formula is C37H27NS2. The fraction of sp³-hybridized carbons (Fsp3) is 0.162. The van der Waals surface area contributed by atoms with Gasteiger partial charge in [0, 0.05) is 41.2 Å². The Morgan fingerprint density at radius 1 is 0.775 bits per heavy atom. The molecule has 0 radical (unpaired) electrons. The molecule has 0 amide bonds. The third-order valence-electron chi connectivity index (χ3n) is 8.70. The highest BCUT2D eigenvalue weighted by atomic mass is 32.1. The summed E-state index contributed by atoms with van der Waals surface area (Å²) < 4.78 is 5.45. The molecule has 0 spiro atoms. The summed E-state index contributed by atoms with van der Waals surface area (Å²) in [7, 11) is 0. The summed E-state index contributed by atoms with van der Waals surface area (Å²) >= 11 is 3.78. The van der Waals surface area contributed by atoms with Crippen molar-refractivity contribution in [3.63, 3.8) is 0 Å². The van der Waals surface area contributed by atoms with Crippen LogP contribution < -0.4 is 9.75 Å². The standard InChI is InChI=1S/C37H27NS2/c38-22-25-7-1-2-8-29(25)28-18-26(23-13-15-36-32(20-23)30-9-3-5-11-34(30)39-36)17-27(19-28)24-14-16-37-33(21-24)31-10-4-6-12-35(31)40-37/h1-6,8-13,15-17,19-21,24-26H,7,14,18H2. The molecule has 0 N–H and O–H groups in total. The first-order chi connectivity index (χ1) is 19.7. The molecular weight excluding hydrogens is 523 g/mol. The smallest absolute Gasteiger partial charge is 0.0749 e. The van der Waals surface area contributed by atoms with Gasteiger partial charge in [-0.3, -0.25) is 0 Å². The van der Waals surface area contributed by atoms with E-state index in [1.165, 1.54) is 62.3 Å². The molecule has 3 atom stereocenters. The molecule has 8 rings (SSSR count). The SMILES string of the molecule is N#CC1CC=CC=C1C1=CC(C2C=c3c(sc4ccccc34)=CC2)=CC(c2ccc3sc4ccccc4c3c2)C1. The summed E-state index contributed by atoms with van der Waals surface area (Å²) in [6.07, 6.45) is 19.0. The van der Waals surface area contributed by atoms with E-state index in [1.54, 1.807) is 0 Å². The van der Waals surface area contributed by atoms with Crippen LogP contribution >= 0.6 is 22.7 Å². The summed E-state index contributed by atoms with van der Waals surface area (Å²) in [4.78, 5) is 0. The molecule has 0 aliphatic heterocycles. The van der Waals surface area contributed by atoms with Crippen molar-refractivity contribution in [2.75, 3.05) is 0 Å². The molecule has 3 aliphatic carbocycles. The molecule has 2 heterocycles. The minimum atomic E-state index is -0.0751. The molecule has 1 nitrogen and oxygen atoms in total. The van der Waals surface area contributed by atoms with E-state index in [0.717, 1.165) is 19.3 Å². The van der Waals surface area contributed by atoms with Crippen LogP contribution in [0.15, 0.2) is 114 Å². The number of hydrogen-bond acceptors (Lipinski definition) is 3. The molecule has 3 aromatic carbocycles. The average molecular weight is 550 g/mol. The van der Waals surface area contributed by atoms with E-state index >= 15 is 0 Å². The number of benzene rings is 3. The molecule has 40 heavy (non-hydrogen) atoms. The Balaban J connectivity index is 1.27. The van der Waals surface area contributed by atoms with Gasteiger partial charge in [-0.05, 0) is 76.4 Å². The Bertz CT molecular complexity index is 2120. The van der Waals surface area contributed by atoms with Gasteiger partial charge in [0.25, 0.3) is 0 Å². The Morgan fingerprint density at radius 2 is 1.57 bits per heavy atom. The van der Waals surface area contributed by atoms with Gasteiger partial charge >= 0.3 is 0 Å². The molecule has 0 saturated heterocycles. The lowest BCUT2D eigenvalue weighted by atomic mass is 9.75. The highest BCUT2D eigenvalue weighted by Gasteiger charge is 2.27. The van der Waals surface area contributed by atoms with Crippen molar-refractivity contribution >= 4 is 65.1 Å². The van der Waals surface area contributed by atoms with Gasteiger partial charge < -0.3 is 0 Å². The van der Waals surface area contributed by atoms with Gasteiger partial charge in [0.15, 0.2) is 0 Å². The number of fused-ring (bicyclic) bond motifs is 6. The minimum Gasteiger partial charge on any atom is -0.198 e. The van der Waals surface area contributed by atoms with Crippen LogP contribution in [-0.2, 0) is 0 Å². The molecule has 5 aromatic rings. The topological polar surface area (TPSA) is 23.8 Å². The first-order valence-electron chi connectivity index (χ1n) is 14.0. The maximum absolute atomic E-state index is 10.00. The van der Waals surface area contributed by atoms with Gasteiger partial charge in [-0.2, -0.15) is 5.26 Å². The summed E-state index contributed by atoms with van der Waals surface area (Å²) in [5.41, 5.74) is 5.26. The van der Waals surface area contributed by atoms with Crippen LogP contribution in [0.4, 0.5) is 0 Å². The van der Waals surface area contributed by atoms with Gasteiger partial charge in [-0.1, -0.05) is 85.0 Å². The minimum absolute atomic E-state index is 0.0751. The Kier molecular flexibility index (Phi) is 5.73. The van der Waals surface area contributed by atoms with Gasteiger partial charge in [0.2, 0.25) is 0 Å². The van der Waals surface area contributed by atoms with Crippen LogP contribution in [-0.4, -0.2) is 0 Å².